The van der Waals surface area contributed by atoms with Crippen molar-refractivity contribution >= 4 is 27.5 Å². The molecule has 2 heterocycles. The molecule has 0 saturated carbocycles. The minimum Gasteiger partial charge on any atom is -0.459 e. The number of hydrogen-bond acceptors (Lipinski definition) is 5. The van der Waals surface area contributed by atoms with Gasteiger partial charge in [0.2, 0.25) is 0 Å². The van der Waals surface area contributed by atoms with Gasteiger partial charge in [0.15, 0.2) is 0 Å². The molecule has 0 aliphatic heterocycles. The predicted octanol–water partition coefficient (Wildman–Crippen LogP) is 4.43. The summed E-state index contributed by atoms with van der Waals surface area (Å²) >= 11 is 1.42. The Labute approximate surface area is 165 Å². The van der Waals surface area contributed by atoms with Crippen LogP contribution in [0.25, 0.3) is 21.3 Å². The Balaban J connectivity index is 1.64. The van der Waals surface area contributed by atoms with Crippen LogP contribution in [-0.4, -0.2) is 15.5 Å². The highest BCUT2D eigenvalue weighted by Crippen LogP contribution is 2.30. The monoisotopic (exact) mass is 390 g/mol. The van der Waals surface area contributed by atoms with Crippen LogP contribution in [0.2, 0.25) is 0 Å². The van der Waals surface area contributed by atoms with Gasteiger partial charge in [-0.2, -0.15) is 0 Å². The summed E-state index contributed by atoms with van der Waals surface area (Å²) in [6, 6.07) is 18.4. The highest BCUT2D eigenvalue weighted by Gasteiger charge is 2.21. The molecule has 0 spiro atoms. The number of aromatic nitrogens is 2. The minimum absolute atomic E-state index is 0.169. The average molecular weight is 390 g/mol. The zero-order valence-corrected chi connectivity index (χ0v) is 16.1. The Morgan fingerprint density at radius 1 is 1.11 bits per heavy atom. The van der Waals surface area contributed by atoms with E-state index in [-0.39, 0.29) is 12.2 Å². The van der Waals surface area contributed by atoms with Crippen LogP contribution in [0.15, 0.2) is 77.2 Å². The summed E-state index contributed by atoms with van der Waals surface area (Å²) in [5.74, 6) is -0.469. The second-order valence-electron chi connectivity index (χ2n) is 6.42. The third-order valence-corrected chi connectivity index (χ3v) is 5.47. The Kier molecular flexibility index (Phi) is 5.04. The van der Waals surface area contributed by atoms with Crippen molar-refractivity contribution in [1.82, 2.24) is 9.55 Å². The first kappa shape index (κ1) is 18.1. The maximum Gasteiger partial charge on any atom is 0.329 e. The Bertz CT molecular complexity index is 1170. The lowest BCUT2D eigenvalue weighted by Crippen LogP contribution is -2.29. The van der Waals surface area contributed by atoms with Crippen LogP contribution >= 0.6 is 11.3 Å². The van der Waals surface area contributed by atoms with Crippen molar-refractivity contribution in [2.24, 2.45) is 0 Å². The highest BCUT2D eigenvalue weighted by molar-refractivity contribution is 7.17. The molecule has 2 aromatic carbocycles. The zero-order chi connectivity index (χ0) is 19.5. The summed E-state index contributed by atoms with van der Waals surface area (Å²) in [5, 5.41) is 2.46. The molecule has 0 aliphatic carbocycles. The van der Waals surface area contributed by atoms with E-state index in [9.17, 15) is 9.59 Å². The first-order chi connectivity index (χ1) is 13.6. The molecule has 28 heavy (non-hydrogen) atoms. The molecule has 4 rings (SSSR count). The van der Waals surface area contributed by atoms with E-state index in [1.54, 1.807) is 6.92 Å². The lowest BCUT2D eigenvalue weighted by molar-refractivity contribution is -0.148. The van der Waals surface area contributed by atoms with Gasteiger partial charge in [-0.1, -0.05) is 60.7 Å². The number of esters is 1. The maximum atomic E-state index is 13.1. The van der Waals surface area contributed by atoms with Crippen molar-refractivity contribution in [2.45, 2.75) is 19.6 Å². The molecule has 1 atom stereocenters. The van der Waals surface area contributed by atoms with E-state index in [0.717, 1.165) is 16.7 Å². The summed E-state index contributed by atoms with van der Waals surface area (Å²) in [4.78, 5) is 30.7. The fourth-order valence-corrected chi connectivity index (χ4v) is 3.92. The molecule has 6 heteroatoms. The van der Waals surface area contributed by atoms with Crippen molar-refractivity contribution in [2.75, 3.05) is 0 Å². The first-order valence-corrected chi connectivity index (χ1v) is 9.77. The van der Waals surface area contributed by atoms with Crippen molar-refractivity contribution < 1.29 is 9.53 Å². The van der Waals surface area contributed by atoms with Gasteiger partial charge < -0.3 is 4.74 Å². The van der Waals surface area contributed by atoms with E-state index in [4.69, 9.17) is 4.74 Å². The molecule has 0 amide bonds. The van der Waals surface area contributed by atoms with Gasteiger partial charge in [0, 0.05) is 10.9 Å². The van der Waals surface area contributed by atoms with E-state index in [2.05, 4.69) is 4.98 Å². The zero-order valence-electron chi connectivity index (χ0n) is 15.2. The molecule has 1 unspecified atom stereocenters. The SMILES string of the molecule is CC(C(=O)OCc1ccccc1)n1cnc2scc(-c3ccccc3)c2c1=O. The van der Waals surface area contributed by atoms with Crippen LogP contribution in [0.1, 0.15) is 18.5 Å². The van der Waals surface area contributed by atoms with Gasteiger partial charge in [-0.05, 0) is 18.1 Å². The van der Waals surface area contributed by atoms with E-state index < -0.39 is 12.0 Å². The number of benzene rings is 2. The molecule has 0 N–H and O–H groups in total. The number of thiophene rings is 1. The van der Waals surface area contributed by atoms with Crippen molar-refractivity contribution in [1.29, 1.82) is 0 Å². The van der Waals surface area contributed by atoms with Gasteiger partial charge in [-0.25, -0.2) is 9.78 Å². The maximum absolute atomic E-state index is 13.1. The molecule has 0 bridgehead atoms. The predicted molar refractivity (Wildman–Crippen MR) is 110 cm³/mol. The van der Waals surface area contributed by atoms with E-state index >= 15 is 0 Å². The highest BCUT2D eigenvalue weighted by atomic mass is 32.1. The fraction of sp³-hybridized carbons (Fsp3) is 0.136. The van der Waals surface area contributed by atoms with E-state index in [0.29, 0.717) is 10.2 Å². The van der Waals surface area contributed by atoms with Gasteiger partial charge >= 0.3 is 5.97 Å². The van der Waals surface area contributed by atoms with Crippen LogP contribution in [0.5, 0.6) is 0 Å². The summed E-state index contributed by atoms with van der Waals surface area (Å²) in [5.41, 5.74) is 2.43. The molecule has 0 fully saturated rings. The Morgan fingerprint density at radius 2 is 1.79 bits per heavy atom. The van der Waals surface area contributed by atoms with Crippen LogP contribution in [0, 0.1) is 0 Å². The van der Waals surface area contributed by atoms with E-state index in [1.807, 2.05) is 66.0 Å². The first-order valence-electron chi connectivity index (χ1n) is 8.89. The normalized spacial score (nSPS) is 12.0. The lowest BCUT2D eigenvalue weighted by Gasteiger charge is -2.14. The third-order valence-electron chi connectivity index (χ3n) is 4.59. The molecule has 0 radical (unpaired) electrons. The number of nitrogens with zero attached hydrogens (tertiary/aromatic N) is 2. The van der Waals surface area contributed by atoms with Gasteiger partial charge in [-0.15, -0.1) is 11.3 Å². The molecule has 4 aromatic rings. The molecular formula is C22H18N2O3S. The molecule has 140 valence electrons. The van der Waals surface area contributed by atoms with Crippen LogP contribution in [-0.2, 0) is 16.1 Å². The number of carbonyl (C=O) groups is 1. The summed E-state index contributed by atoms with van der Waals surface area (Å²) in [7, 11) is 0. The fourth-order valence-electron chi connectivity index (χ4n) is 3.01. The molecular weight excluding hydrogens is 372 g/mol. The van der Waals surface area contributed by atoms with Gasteiger partial charge in [0.25, 0.3) is 5.56 Å². The van der Waals surface area contributed by atoms with Gasteiger partial charge in [0.1, 0.15) is 17.5 Å². The number of ether oxygens (including phenoxy) is 1. The quantitative estimate of drug-likeness (QED) is 0.473. The average Bonchev–Trinajstić information content (AvgIpc) is 3.18. The van der Waals surface area contributed by atoms with Crippen LogP contribution in [0.4, 0.5) is 0 Å². The second kappa shape index (κ2) is 7.78. The third kappa shape index (κ3) is 3.46. The van der Waals surface area contributed by atoms with Gasteiger partial charge in [-0.3, -0.25) is 9.36 Å². The number of fused-ring (bicyclic) bond motifs is 1. The van der Waals surface area contributed by atoms with Gasteiger partial charge in [0.05, 0.1) is 11.7 Å². The van der Waals surface area contributed by atoms with Crippen molar-refractivity contribution in [3.63, 3.8) is 0 Å². The minimum atomic E-state index is -0.767. The number of hydrogen-bond donors (Lipinski definition) is 0. The molecule has 2 aromatic heterocycles. The summed E-state index contributed by atoms with van der Waals surface area (Å²) in [6.45, 7) is 1.82. The molecule has 5 nitrogen and oxygen atoms in total. The number of rotatable bonds is 5. The summed E-state index contributed by atoms with van der Waals surface area (Å²) in [6.07, 6.45) is 1.42. The standard InChI is InChI=1S/C22H18N2O3S/c1-15(22(26)27-12-16-8-4-2-5-9-16)24-14-23-20-19(21(24)25)18(13-28-20)17-10-6-3-7-11-17/h2-11,13-15H,12H2,1H3. The van der Waals surface area contributed by atoms with Crippen molar-refractivity contribution in [3.8, 4) is 11.1 Å². The lowest BCUT2D eigenvalue weighted by atomic mass is 10.1. The van der Waals surface area contributed by atoms with Crippen molar-refractivity contribution in [3.05, 3.63) is 88.3 Å². The molecule has 0 aliphatic rings. The Hall–Kier alpha value is -3.25. The van der Waals surface area contributed by atoms with E-state index in [1.165, 1.54) is 22.2 Å². The smallest absolute Gasteiger partial charge is 0.329 e. The van der Waals surface area contributed by atoms with Crippen LogP contribution in [0.3, 0.4) is 0 Å². The second-order valence-corrected chi connectivity index (χ2v) is 7.28. The van der Waals surface area contributed by atoms with Crippen LogP contribution < -0.4 is 5.56 Å². The number of carbonyl (C=O) groups excluding carboxylic acids is 1. The largest absolute Gasteiger partial charge is 0.459 e. The molecule has 0 saturated heterocycles. The topological polar surface area (TPSA) is 61.2 Å². The Morgan fingerprint density at radius 3 is 2.50 bits per heavy atom. The summed E-state index contributed by atoms with van der Waals surface area (Å²) < 4.78 is 6.73.